The molecule has 0 atom stereocenters. The number of nitrogens with two attached hydrogens (primary N) is 1. The van der Waals surface area contributed by atoms with E-state index in [0.717, 1.165) is 27.8 Å². The van der Waals surface area contributed by atoms with Gasteiger partial charge in [-0.2, -0.15) is 0 Å². The number of pyridine rings is 1. The summed E-state index contributed by atoms with van der Waals surface area (Å²) in [6.45, 7) is 0. The Morgan fingerprint density at radius 2 is 1.72 bits per heavy atom. The van der Waals surface area contributed by atoms with E-state index in [0.29, 0.717) is 0 Å². The lowest BCUT2D eigenvalue weighted by Gasteiger charge is -2.11. The minimum absolute atomic E-state index is 0.739. The molecule has 0 fully saturated rings. The molecule has 0 bridgehead atoms. The van der Waals surface area contributed by atoms with Crippen molar-refractivity contribution in [2.45, 2.75) is 0 Å². The molecule has 3 nitrogen and oxygen atoms in total. The van der Waals surface area contributed by atoms with Crippen LogP contribution in [0.2, 0.25) is 0 Å². The fourth-order valence-electron chi connectivity index (χ4n) is 1.99. The van der Waals surface area contributed by atoms with Crippen LogP contribution in [0.3, 0.4) is 0 Å². The highest BCUT2D eigenvalue weighted by atomic mass is 14.9. The number of nitrogen functional groups attached to an aromatic ring is 1. The molecule has 0 saturated heterocycles. The van der Waals surface area contributed by atoms with Crippen LogP contribution in [-0.4, -0.2) is 4.98 Å². The number of fused-ring (bicyclic) bond motifs is 1. The molecule has 0 spiro atoms. The summed E-state index contributed by atoms with van der Waals surface area (Å²) >= 11 is 0. The maximum atomic E-state index is 5.94. The third-order valence-corrected chi connectivity index (χ3v) is 2.91. The molecule has 3 aromatic rings. The van der Waals surface area contributed by atoms with Gasteiger partial charge in [-0.15, -0.1) is 0 Å². The summed E-state index contributed by atoms with van der Waals surface area (Å²) in [4.78, 5) is 4.13. The standard InChI is InChI=1S/C15H13N3/c16-13-5-1-2-6-15(13)18-14-7-3-4-11-10-17-9-8-12(11)14/h1-10,18H,16H2. The van der Waals surface area contributed by atoms with Crippen molar-refractivity contribution in [3.8, 4) is 0 Å². The summed E-state index contributed by atoms with van der Waals surface area (Å²) in [5, 5.41) is 5.61. The molecule has 88 valence electrons. The molecule has 3 N–H and O–H groups in total. The van der Waals surface area contributed by atoms with Crippen molar-refractivity contribution in [1.29, 1.82) is 0 Å². The average molecular weight is 235 g/mol. The SMILES string of the molecule is Nc1ccccc1Nc1cccc2cnccc12. The van der Waals surface area contributed by atoms with Crippen LogP contribution in [0.4, 0.5) is 17.1 Å². The van der Waals surface area contributed by atoms with Crippen molar-refractivity contribution in [3.05, 3.63) is 60.9 Å². The Bertz CT molecular complexity index is 687. The Morgan fingerprint density at radius 3 is 2.61 bits per heavy atom. The largest absolute Gasteiger partial charge is 0.397 e. The fourth-order valence-corrected chi connectivity index (χ4v) is 1.99. The molecule has 0 unspecified atom stereocenters. The van der Waals surface area contributed by atoms with Gasteiger partial charge in [0.15, 0.2) is 0 Å². The van der Waals surface area contributed by atoms with E-state index in [4.69, 9.17) is 5.73 Å². The Morgan fingerprint density at radius 1 is 0.889 bits per heavy atom. The van der Waals surface area contributed by atoms with Gasteiger partial charge in [-0.3, -0.25) is 4.98 Å². The minimum atomic E-state index is 0.739. The highest BCUT2D eigenvalue weighted by molar-refractivity contribution is 5.95. The van der Waals surface area contributed by atoms with Crippen molar-refractivity contribution < 1.29 is 0 Å². The third kappa shape index (κ3) is 1.86. The van der Waals surface area contributed by atoms with Crippen LogP contribution in [0.25, 0.3) is 10.8 Å². The Kier molecular flexibility index (Phi) is 2.57. The van der Waals surface area contributed by atoms with Gasteiger partial charge in [-0.25, -0.2) is 0 Å². The van der Waals surface area contributed by atoms with Crippen molar-refractivity contribution in [2.24, 2.45) is 0 Å². The van der Waals surface area contributed by atoms with Crippen LogP contribution in [0.1, 0.15) is 0 Å². The summed E-state index contributed by atoms with van der Waals surface area (Å²) < 4.78 is 0. The number of benzene rings is 2. The van der Waals surface area contributed by atoms with Gasteiger partial charge in [-0.1, -0.05) is 24.3 Å². The number of nitrogens with one attached hydrogen (secondary N) is 1. The molecule has 3 rings (SSSR count). The van der Waals surface area contributed by atoms with E-state index in [1.165, 1.54) is 0 Å². The van der Waals surface area contributed by atoms with Crippen LogP contribution in [0, 0.1) is 0 Å². The van der Waals surface area contributed by atoms with Gasteiger partial charge in [0.25, 0.3) is 0 Å². The monoisotopic (exact) mass is 235 g/mol. The molecule has 0 aliphatic rings. The van der Waals surface area contributed by atoms with E-state index in [-0.39, 0.29) is 0 Å². The Hall–Kier alpha value is -2.55. The lowest BCUT2D eigenvalue weighted by molar-refractivity contribution is 1.36. The van der Waals surface area contributed by atoms with Gasteiger partial charge in [0.1, 0.15) is 0 Å². The van der Waals surface area contributed by atoms with Crippen LogP contribution in [0.5, 0.6) is 0 Å². The predicted molar refractivity (Wildman–Crippen MR) is 75.9 cm³/mol. The van der Waals surface area contributed by atoms with E-state index >= 15 is 0 Å². The number of anilines is 3. The molecule has 1 aromatic heterocycles. The van der Waals surface area contributed by atoms with Crippen LogP contribution in [0.15, 0.2) is 60.9 Å². The number of rotatable bonds is 2. The molecular weight excluding hydrogens is 222 g/mol. The summed E-state index contributed by atoms with van der Waals surface area (Å²) in [6, 6.07) is 15.8. The second-order valence-corrected chi connectivity index (χ2v) is 4.11. The van der Waals surface area contributed by atoms with Gasteiger partial charge in [-0.05, 0) is 24.3 Å². The second-order valence-electron chi connectivity index (χ2n) is 4.11. The number of hydrogen-bond acceptors (Lipinski definition) is 3. The molecule has 0 saturated carbocycles. The van der Waals surface area contributed by atoms with Crippen LogP contribution in [-0.2, 0) is 0 Å². The average Bonchev–Trinajstić information content (AvgIpc) is 2.42. The second kappa shape index (κ2) is 4.37. The molecule has 0 radical (unpaired) electrons. The number of para-hydroxylation sites is 2. The molecule has 3 heteroatoms. The van der Waals surface area contributed by atoms with Gasteiger partial charge < -0.3 is 11.1 Å². The van der Waals surface area contributed by atoms with Crippen molar-refractivity contribution in [1.82, 2.24) is 4.98 Å². The first-order valence-electron chi connectivity index (χ1n) is 5.79. The zero-order valence-electron chi connectivity index (χ0n) is 9.80. The minimum Gasteiger partial charge on any atom is -0.397 e. The number of hydrogen-bond donors (Lipinski definition) is 2. The summed E-state index contributed by atoms with van der Waals surface area (Å²) in [6.07, 6.45) is 3.65. The van der Waals surface area contributed by atoms with Crippen LogP contribution >= 0.6 is 0 Å². The molecule has 0 aliphatic carbocycles. The van der Waals surface area contributed by atoms with Crippen molar-refractivity contribution in [2.75, 3.05) is 11.1 Å². The molecule has 2 aromatic carbocycles. The van der Waals surface area contributed by atoms with E-state index < -0.39 is 0 Å². The van der Waals surface area contributed by atoms with E-state index in [2.05, 4.69) is 10.3 Å². The van der Waals surface area contributed by atoms with E-state index in [9.17, 15) is 0 Å². The Balaban J connectivity index is 2.08. The van der Waals surface area contributed by atoms with Crippen molar-refractivity contribution in [3.63, 3.8) is 0 Å². The lowest BCUT2D eigenvalue weighted by Crippen LogP contribution is -1.96. The van der Waals surface area contributed by atoms with Gasteiger partial charge in [0.05, 0.1) is 11.4 Å². The fraction of sp³-hybridized carbons (Fsp3) is 0. The van der Waals surface area contributed by atoms with Gasteiger partial charge in [0, 0.05) is 28.9 Å². The zero-order chi connectivity index (χ0) is 12.4. The molecule has 0 aliphatic heterocycles. The quantitative estimate of drug-likeness (QED) is 0.668. The summed E-state index contributed by atoms with van der Waals surface area (Å²) in [5.41, 5.74) is 8.63. The normalized spacial score (nSPS) is 10.4. The van der Waals surface area contributed by atoms with Crippen LogP contribution < -0.4 is 11.1 Å². The highest BCUT2D eigenvalue weighted by Gasteiger charge is 2.02. The predicted octanol–water partition coefficient (Wildman–Crippen LogP) is 3.56. The topological polar surface area (TPSA) is 50.9 Å². The number of nitrogens with zero attached hydrogens (tertiary/aromatic N) is 1. The summed E-state index contributed by atoms with van der Waals surface area (Å²) in [5.74, 6) is 0. The lowest BCUT2D eigenvalue weighted by atomic mass is 10.1. The first kappa shape index (κ1) is 10.6. The first-order valence-corrected chi connectivity index (χ1v) is 5.79. The smallest absolute Gasteiger partial charge is 0.0618 e. The molecule has 18 heavy (non-hydrogen) atoms. The maximum Gasteiger partial charge on any atom is 0.0618 e. The molecule has 0 amide bonds. The summed E-state index contributed by atoms with van der Waals surface area (Å²) in [7, 11) is 0. The maximum absolute atomic E-state index is 5.94. The number of aromatic nitrogens is 1. The van der Waals surface area contributed by atoms with Crippen molar-refractivity contribution >= 4 is 27.8 Å². The first-order chi connectivity index (χ1) is 8.84. The molecule has 1 heterocycles. The molecular formula is C15H13N3. The highest BCUT2D eigenvalue weighted by Crippen LogP contribution is 2.28. The van der Waals surface area contributed by atoms with Gasteiger partial charge >= 0.3 is 0 Å². The third-order valence-electron chi connectivity index (χ3n) is 2.91. The van der Waals surface area contributed by atoms with E-state index in [1.54, 1.807) is 6.20 Å². The van der Waals surface area contributed by atoms with E-state index in [1.807, 2.05) is 54.7 Å². The Labute approximate surface area is 105 Å². The zero-order valence-corrected chi connectivity index (χ0v) is 9.80. The van der Waals surface area contributed by atoms with Gasteiger partial charge in [0.2, 0.25) is 0 Å².